The van der Waals surface area contributed by atoms with E-state index in [0.29, 0.717) is 31.5 Å². The number of esters is 2. The van der Waals surface area contributed by atoms with Crippen molar-refractivity contribution in [3.63, 3.8) is 0 Å². The van der Waals surface area contributed by atoms with E-state index < -0.39 is 101 Å². The van der Waals surface area contributed by atoms with Crippen molar-refractivity contribution in [1.29, 1.82) is 0 Å². The molecule has 1 amide bonds. The van der Waals surface area contributed by atoms with Crippen LogP contribution in [0.1, 0.15) is 105 Å². The lowest BCUT2D eigenvalue weighted by atomic mass is 9.73. The van der Waals surface area contributed by atoms with Gasteiger partial charge in [0.2, 0.25) is 0 Å². The number of aliphatic hydroxyl groups excluding tert-OH is 1. The van der Waals surface area contributed by atoms with E-state index in [0.717, 1.165) is 12.3 Å². The Morgan fingerprint density at radius 2 is 1.75 bits per heavy atom. The number of methoxy groups -OCH3 is 1. The molecule has 0 saturated carbocycles. The molecule has 16 nitrogen and oxygen atoms in total. The van der Waals surface area contributed by atoms with Crippen molar-refractivity contribution in [3.05, 3.63) is 54.0 Å². The lowest BCUT2D eigenvalue weighted by molar-refractivity contribution is -0.301. The van der Waals surface area contributed by atoms with E-state index in [9.17, 15) is 37.5 Å². The molecular formula is C49H72F3N5O11. The van der Waals surface area contributed by atoms with Crippen LogP contribution >= 0.6 is 0 Å². The van der Waals surface area contributed by atoms with Crippen molar-refractivity contribution in [2.24, 2.45) is 23.7 Å². The minimum absolute atomic E-state index is 0.0594. The second-order valence-electron chi connectivity index (χ2n) is 19.5. The van der Waals surface area contributed by atoms with Crippen molar-refractivity contribution in [3.8, 4) is 0 Å². The number of aromatic nitrogens is 2. The number of rotatable bonds is 15. The van der Waals surface area contributed by atoms with Crippen molar-refractivity contribution in [2.75, 3.05) is 39.6 Å². The molecule has 1 unspecified atom stereocenters. The number of carbonyl (C=O) groups excluding carboxylic acids is 4. The van der Waals surface area contributed by atoms with Crippen LogP contribution in [0.15, 0.2) is 42.7 Å². The Kier molecular flexibility index (Phi) is 18.4. The number of amides is 1. The summed E-state index contributed by atoms with van der Waals surface area (Å²) in [5, 5.41) is 14.7. The summed E-state index contributed by atoms with van der Waals surface area (Å²) in [4.78, 5) is 69.1. The van der Waals surface area contributed by atoms with Crippen LogP contribution in [0.2, 0.25) is 0 Å². The number of aryl methyl sites for hydroxylation is 1. The van der Waals surface area contributed by atoms with E-state index in [2.05, 4.69) is 15.3 Å². The van der Waals surface area contributed by atoms with Gasteiger partial charge in [-0.2, -0.15) is 13.2 Å². The number of anilines is 1. The SMILES string of the molecule is CC[C@H]1OC(=O)[C@H](C)[C@H](OC(=O)CCc2ccccn2)[C@@H](C)[C@@H](OC2O[C@H](C)C[C@H](N(C)C)[C@H]2O)[C@](C)(OC)C[C@@H](C)C(=O)[C@H](C)[C@@H]2N(CCCCNc3ccc(C(F)(F)F)cn3)C(=O)O[C@@]21C. The smallest absolute Gasteiger partial charge is 0.417 e. The number of aliphatic hydroxyl groups is 1. The van der Waals surface area contributed by atoms with Crippen molar-refractivity contribution >= 4 is 29.6 Å². The summed E-state index contributed by atoms with van der Waals surface area (Å²) in [5.41, 5.74) is -3.06. The molecule has 5 rings (SSSR count). The van der Waals surface area contributed by atoms with Crippen LogP contribution in [0, 0.1) is 23.7 Å². The number of halogens is 3. The van der Waals surface area contributed by atoms with Crippen molar-refractivity contribution in [1.82, 2.24) is 19.8 Å². The quantitative estimate of drug-likeness (QED) is 0.107. The molecule has 0 spiro atoms. The lowest BCUT2D eigenvalue weighted by Crippen LogP contribution is -2.61. The molecule has 14 atom stereocenters. The summed E-state index contributed by atoms with van der Waals surface area (Å²) in [6.07, 6.45) is -6.90. The zero-order valence-corrected chi connectivity index (χ0v) is 41.3. The van der Waals surface area contributed by atoms with Crippen LogP contribution < -0.4 is 5.32 Å². The first-order valence-electron chi connectivity index (χ1n) is 23.8. The fourth-order valence-electron chi connectivity index (χ4n) is 10.3. The number of ether oxygens (including phenoxy) is 6. The summed E-state index contributed by atoms with van der Waals surface area (Å²) in [7, 11) is 5.20. The first-order valence-corrected chi connectivity index (χ1v) is 23.8. The van der Waals surface area contributed by atoms with Gasteiger partial charge in [0.15, 0.2) is 11.9 Å². The molecule has 2 N–H and O–H groups in total. The van der Waals surface area contributed by atoms with Crippen LogP contribution in [0.3, 0.4) is 0 Å². The third-order valence-electron chi connectivity index (χ3n) is 14.1. The normalized spacial score (nSPS) is 34.2. The summed E-state index contributed by atoms with van der Waals surface area (Å²) >= 11 is 0. The van der Waals surface area contributed by atoms with E-state index in [1.165, 1.54) is 18.1 Å². The molecule has 5 heterocycles. The molecule has 0 aliphatic carbocycles. The van der Waals surface area contributed by atoms with Gasteiger partial charge in [0, 0.05) is 68.5 Å². The van der Waals surface area contributed by atoms with Crippen molar-refractivity contribution < 1.29 is 65.9 Å². The lowest BCUT2D eigenvalue weighted by Gasteiger charge is -2.48. The molecule has 2 aromatic heterocycles. The highest BCUT2D eigenvalue weighted by molar-refractivity contribution is 5.85. The first-order chi connectivity index (χ1) is 31.9. The zero-order chi connectivity index (χ0) is 50.3. The number of carbonyl (C=O) groups is 4. The molecular weight excluding hydrogens is 892 g/mol. The molecule has 68 heavy (non-hydrogen) atoms. The average Bonchev–Trinajstić information content (AvgIpc) is 3.56. The fraction of sp³-hybridized carbons (Fsp3) is 0.714. The zero-order valence-electron chi connectivity index (χ0n) is 41.3. The van der Waals surface area contributed by atoms with Crippen LogP contribution in [0.25, 0.3) is 0 Å². The summed E-state index contributed by atoms with van der Waals surface area (Å²) in [5.74, 6) is -4.89. The third kappa shape index (κ3) is 12.7. The minimum Gasteiger partial charge on any atom is -0.461 e. The molecule has 3 saturated heterocycles. The highest BCUT2D eigenvalue weighted by Gasteiger charge is 2.60. The monoisotopic (exact) mass is 964 g/mol. The number of unbranched alkanes of at least 4 members (excludes halogenated alkanes) is 1. The van der Waals surface area contributed by atoms with E-state index >= 15 is 0 Å². The molecule has 3 aliphatic rings. The summed E-state index contributed by atoms with van der Waals surface area (Å²) in [6.45, 7) is 14.4. The molecule has 3 aliphatic heterocycles. The number of Topliss-reactive ketones (excluding diaryl/α,β-unsaturated/α-hetero) is 1. The Morgan fingerprint density at radius 1 is 1.03 bits per heavy atom. The van der Waals surface area contributed by atoms with Gasteiger partial charge in [-0.15, -0.1) is 0 Å². The number of hydrogen-bond donors (Lipinski definition) is 2. The Morgan fingerprint density at radius 3 is 2.35 bits per heavy atom. The van der Waals surface area contributed by atoms with Crippen LogP contribution in [0.5, 0.6) is 0 Å². The number of pyridine rings is 2. The molecule has 0 aromatic carbocycles. The summed E-state index contributed by atoms with van der Waals surface area (Å²) < 4.78 is 77.5. The van der Waals surface area contributed by atoms with Gasteiger partial charge < -0.3 is 48.6 Å². The predicted octanol–water partition coefficient (Wildman–Crippen LogP) is 6.87. The first kappa shape index (κ1) is 54.5. The number of alkyl halides is 3. The number of nitrogens with one attached hydrogen (secondary N) is 1. The van der Waals surface area contributed by atoms with Gasteiger partial charge in [0.05, 0.1) is 41.8 Å². The van der Waals surface area contributed by atoms with Gasteiger partial charge in [-0.05, 0) is 98.2 Å². The van der Waals surface area contributed by atoms with Gasteiger partial charge in [0.25, 0.3) is 0 Å². The van der Waals surface area contributed by atoms with E-state index in [-0.39, 0.29) is 56.0 Å². The Balaban J connectivity index is 1.50. The maximum atomic E-state index is 14.9. The number of hydrogen-bond acceptors (Lipinski definition) is 15. The molecule has 19 heteroatoms. The number of ketones is 1. The topological polar surface area (TPSA) is 188 Å². The van der Waals surface area contributed by atoms with Gasteiger partial charge in [0.1, 0.15) is 29.9 Å². The van der Waals surface area contributed by atoms with Gasteiger partial charge in [-0.3, -0.25) is 19.4 Å². The fourth-order valence-corrected chi connectivity index (χ4v) is 10.3. The van der Waals surface area contributed by atoms with E-state index in [1.807, 2.05) is 32.0 Å². The van der Waals surface area contributed by atoms with Gasteiger partial charge in [-0.1, -0.05) is 33.8 Å². The van der Waals surface area contributed by atoms with Crippen LogP contribution in [-0.2, 0) is 55.4 Å². The molecule has 2 aromatic rings. The molecule has 3 fully saturated rings. The molecule has 0 bridgehead atoms. The number of cyclic esters (lactones) is 1. The second kappa shape index (κ2) is 23.0. The second-order valence-corrected chi connectivity index (χ2v) is 19.5. The minimum atomic E-state index is -4.51. The molecule has 380 valence electrons. The van der Waals surface area contributed by atoms with E-state index in [4.69, 9.17) is 28.4 Å². The Bertz CT molecular complexity index is 2000. The van der Waals surface area contributed by atoms with Gasteiger partial charge in [-0.25, -0.2) is 9.78 Å². The average molecular weight is 964 g/mol. The maximum absolute atomic E-state index is 14.9. The Hall–Kier alpha value is -4.43. The largest absolute Gasteiger partial charge is 0.461 e. The number of nitrogens with zero attached hydrogens (tertiary/aromatic N) is 4. The third-order valence-corrected chi connectivity index (χ3v) is 14.1. The summed E-state index contributed by atoms with van der Waals surface area (Å²) in [6, 6.07) is 6.32. The van der Waals surface area contributed by atoms with Gasteiger partial charge >= 0.3 is 24.2 Å². The van der Waals surface area contributed by atoms with Crippen LogP contribution in [-0.4, -0.2) is 143 Å². The Labute approximate surface area is 398 Å². The van der Waals surface area contributed by atoms with Crippen LogP contribution in [0.4, 0.5) is 23.8 Å². The highest BCUT2D eigenvalue weighted by atomic mass is 19.4. The molecule has 0 radical (unpaired) electrons. The highest BCUT2D eigenvalue weighted by Crippen LogP contribution is 2.44. The number of likely N-dealkylation sites (N-methyl/N-ethyl adjacent to an activating group) is 1. The van der Waals surface area contributed by atoms with E-state index in [1.54, 1.807) is 66.8 Å². The maximum Gasteiger partial charge on any atom is 0.417 e. The standard InChI is InChI=1S/C49H72F3N5O11/c1-12-36-48(8)42(57(46(62)68-48)24-16-15-23-54-37-20-18-33(27-55-37)49(50,51)52)30(4)39(59)28(2)26-47(7,63-11)43(67-45-40(60)35(56(9)10)25-29(3)64-45)31(5)41(32(6)44(61)65-36)66-38(58)21-19-34-17-13-14-22-53-34/h13-14,17-18,20,22,27-32,35-36,40-43,45,60H,12,15-16,19,21,23-26H2,1-11H3,(H,54,55)/t28-,29-,30+,31-,32-,35+,36-,40-,41-,42+,43-,45?,47-,48-/m1/s1. The predicted molar refractivity (Wildman–Crippen MR) is 244 cm³/mol. The van der Waals surface area contributed by atoms with Crippen molar-refractivity contribution in [2.45, 2.75) is 167 Å². The number of fused-ring (bicyclic) bond motifs is 1.